The second-order valence-corrected chi connectivity index (χ2v) is 5.80. The maximum atomic E-state index is 13.0. The molecule has 0 saturated carbocycles. The van der Waals surface area contributed by atoms with Crippen LogP contribution < -0.4 is 10.2 Å². The van der Waals surface area contributed by atoms with Gasteiger partial charge in [-0.05, 0) is 36.4 Å². The molecule has 124 valence electrons. The summed E-state index contributed by atoms with van der Waals surface area (Å²) in [6.45, 7) is 0.200. The highest BCUT2D eigenvalue weighted by Gasteiger charge is 2.04. The molecule has 0 unspecified atom stereocenters. The number of ether oxygens (including phenoxy) is 1. The fourth-order valence-corrected chi connectivity index (χ4v) is 2.74. The Bertz CT molecular complexity index is 913. The summed E-state index contributed by atoms with van der Waals surface area (Å²) in [7, 11) is 0. The van der Waals surface area contributed by atoms with Crippen molar-refractivity contribution < 1.29 is 9.13 Å². The predicted octanol–water partition coefficient (Wildman–Crippen LogP) is 4.41. The summed E-state index contributed by atoms with van der Waals surface area (Å²) in [6, 6.07) is 13.7. The Hall–Kier alpha value is -3.17. The van der Waals surface area contributed by atoms with Gasteiger partial charge in [0.1, 0.15) is 18.2 Å². The van der Waals surface area contributed by atoms with E-state index in [2.05, 4.69) is 21.4 Å². The third-order valence-electron chi connectivity index (χ3n) is 3.24. The fraction of sp³-hybridized carbons (Fsp3) is 0.0526. The van der Waals surface area contributed by atoms with E-state index in [9.17, 15) is 4.39 Å². The van der Waals surface area contributed by atoms with E-state index in [0.29, 0.717) is 10.9 Å². The number of para-hydroxylation sites is 1. The molecule has 0 atom stereocenters. The van der Waals surface area contributed by atoms with Crippen LogP contribution in [-0.2, 0) is 0 Å². The Labute approximate surface area is 149 Å². The average molecular weight is 351 g/mol. The van der Waals surface area contributed by atoms with Gasteiger partial charge >= 0.3 is 0 Å². The van der Waals surface area contributed by atoms with Gasteiger partial charge in [-0.1, -0.05) is 18.1 Å². The van der Waals surface area contributed by atoms with E-state index in [1.54, 1.807) is 18.3 Å². The Morgan fingerprint density at radius 2 is 2.04 bits per heavy atom. The smallest absolute Gasteiger partial charge is 0.203 e. The molecule has 1 heterocycles. The SMILES string of the molecule is C#CCOc1ccccc1/C=N/Nc1nc(-c2ccc(F)cc2)cs1. The highest BCUT2D eigenvalue weighted by atomic mass is 32.1. The number of terminal acetylenes is 1. The molecule has 4 nitrogen and oxygen atoms in total. The quantitative estimate of drug-likeness (QED) is 0.407. The summed E-state index contributed by atoms with van der Waals surface area (Å²) in [4.78, 5) is 4.43. The zero-order chi connectivity index (χ0) is 17.5. The van der Waals surface area contributed by atoms with Gasteiger partial charge in [-0.25, -0.2) is 9.37 Å². The number of nitrogens with zero attached hydrogens (tertiary/aromatic N) is 2. The Morgan fingerprint density at radius 3 is 2.84 bits per heavy atom. The van der Waals surface area contributed by atoms with Crippen molar-refractivity contribution in [2.24, 2.45) is 5.10 Å². The maximum absolute atomic E-state index is 13.0. The standard InChI is InChI=1S/C19H14FN3OS/c1-2-11-24-18-6-4-3-5-15(18)12-21-23-19-22-17(13-25-19)14-7-9-16(20)10-8-14/h1,3-10,12-13H,11H2,(H,22,23)/b21-12+. The summed E-state index contributed by atoms with van der Waals surface area (Å²) in [5, 5.41) is 6.70. The van der Waals surface area contributed by atoms with Crippen LogP contribution in [0.4, 0.5) is 9.52 Å². The summed E-state index contributed by atoms with van der Waals surface area (Å²) >= 11 is 1.41. The van der Waals surface area contributed by atoms with Gasteiger partial charge < -0.3 is 4.74 Å². The van der Waals surface area contributed by atoms with E-state index < -0.39 is 0 Å². The highest BCUT2D eigenvalue weighted by molar-refractivity contribution is 7.14. The van der Waals surface area contributed by atoms with Crippen molar-refractivity contribution in [3.05, 3.63) is 65.3 Å². The molecule has 1 N–H and O–H groups in total. The largest absolute Gasteiger partial charge is 0.480 e. The van der Waals surface area contributed by atoms with Gasteiger partial charge in [-0.3, -0.25) is 5.43 Å². The van der Waals surface area contributed by atoms with Crippen molar-refractivity contribution >= 4 is 22.7 Å². The van der Waals surface area contributed by atoms with E-state index >= 15 is 0 Å². The maximum Gasteiger partial charge on any atom is 0.203 e. The number of thiazole rings is 1. The van der Waals surface area contributed by atoms with Gasteiger partial charge in [0, 0.05) is 16.5 Å². The lowest BCUT2D eigenvalue weighted by molar-refractivity contribution is 0.370. The summed E-state index contributed by atoms with van der Waals surface area (Å²) in [5.74, 6) is 2.83. The van der Waals surface area contributed by atoms with E-state index in [0.717, 1.165) is 16.8 Å². The van der Waals surface area contributed by atoms with Crippen LogP contribution in [0.25, 0.3) is 11.3 Å². The molecule has 2 aromatic carbocycles. The van der Waals surface area contributed by atoms with Crippen LogP contribution in [0.3, 0.4) is 0 Å². The third kappa shape index (κ3) is 4.43. The van der Waals surface area contributed by atoms with Crippen LogP contribution in [0.1, 0.15) is 5.56 Å². The monoisotopic (exact) mass is 351 g/mol. The van der Waals surface area contributed by atoms with E-state index in [4.69, 9.17) is 11.2 Å². The van der Waals surface area contributed by atoms with Crippen molar-refractivity contribution in [2.75, 3.05) is 12.0 Å². The van der Waals surface area contributed by atoms with Crippen molar-refractivity contribution in [3.63, 3.8) is 0 Å². The average Bonchev–Trinajstić information content (AvgIpc) is 3.10. The molecule has 1 aromatic heterocycles. The molecule has 0 bridgehead atoms. The minimum Gasteiger partial charge on any atom is -0.480 e. The number of benzene rings is 2. The molecule has 0 amide bonds. The van der Waals surface area contributed by atoms with Gasteiger partial charge in [0.15, 0.2) is 0 Å². The first-order valence-corrected chi connectivity index (χ1v) is 8.30. The zero-order valence-electron chi connectivity index (χ0n) is 13.1. The molecule has 3 aromatic rings. The minimum atomic E-state index is -0.271. The molecule has 0 aliphatic carbocycles. The Kier molecular flexibility index (Phi) is 5.39. The lowest BCUT2D eigenvalue weighted by Gasteiger charge is -2.05. The molecule has 0 aliphatic heterocycles. The van der Waals surface area contributed by atoms with Crippen molar-refractivity contribution in [1.82, 2.24) is 4.98 Å². The normalized spacial score (nSPS) is 10.6. The Balaban J connectivity index is 1.67. The van der Waals surface area contributed by atoms with Gasteiger partial charge in [0.2, 0.25) is 5.13 Å². The topological polar surface area (TPSA) is 46.5 Å². The zero-order valence-corrected chi connectivity index (χ0v) is 14.0. The van der Waals surface area contributed by atoms with Crippen molar-refractivity contribution in [3.8, 4) is 29.4 Å². The molecule has 25 heavy (non-hydrogen) atoms. The third-order valence-corrected chi connectivity index (χ3v) is 3.98. The Morgan fingerprint density at radius 1 is 1.24 bits per heavy atom. The molecule has 0 aliphatic rings. The van der Waals surface area contributed by atoms with Crippen LogP contribution in [0.15, 0.2) is 59.0 Å². The van der Waals surface area contributed by atoms with Crippen molar-refractivity contribution in [2.45, 2.75) is 0 Å². The predicted molar refractivity (Wildman–Crippen MR) is 99.5 cm³/mol. The van der Waals surface area contributed by atoms with Crippen LogP contribution in [-0.4, -0.2) is 17.8 Å². The molecular formula is C19H14FN3OS. The molecule has 6 heteroatoms. The van der Waals surface area contributed by atoms with Gasteiger partial charge in [0.05, 0.1) is 11.9 Å². The first-order chi connectivity index (χ1) is 12.3. The number of aromatic nitrogens is 1. The van der Waals surface area contributed by atoms with Crippen LogP contribution >= 0.6 is 11.3 Å². The van der Waals surface area contributed by atoms with Gasteiger partial charge in [-0.2, -0.15) is 5.10 Å². The number of rotatable bonds is 6. The number of hydrogen-bond acceptors (Lipinski definition) is 5. The second kappa shape index (κ2) is 8.08. The second-order valence-electron chi connectivity index (χ2n) is 4.95. The highest BCUT2D eigenvalue weighted by Crippen LogP contribution is 2.25. The number of hydrogen-bond donors (Lipinski definition) is 1. The molecular weight excluding hydrogens is 337 g/mol. The number of halogens is 1. The molecule has 0 fully saturated rings. The van der Waals surface area contributed by atoms with E-state index in [1.807, 2.05) is 29.6 Å². The number of nitrogens with one attached hydrogen (secondary N) is 1. The first kappa shape index (κ1) is 16.7. The summed E-state index contributed by atoms with van der Waals surface area (Å²) in [5.41, 5.74) is 5.31. The van der Waals surface area contributed by atoms with Gasteiger partial charge in [-0.15, -0.1) is 17.8 Å². The lowest BCUT2D eigenvalue weighted by Crippen LogP contribution is -1.98. The molecule has 0 radical (unpaired) electrons. The van der Waals surface area contributed by atoms with Crippen LogP contribution in [0.2, 0.25) is 0 Å². The van der Waals surface area contributed by atoms with Crippen LogP contribution in [0, 0.1) is 18.2 Å². The van der Waals surface area contributed by atoms with E-state index in [-0.39, 0.29) is 12.4 Å². The fourth-order valence-electron chi connectivity index (χ4n) is 2.07. The first-order valence-electron chi connectivity index (χ1n) is 7.42. The van der Waals surface area contributed by atoms with Crippen LogP contribution in [0.5, 0.6) is 5.75 Å². The molecule has 3 rings (SSSR count). The number of hydrazone groups is 1. The van der Waals surface area contributed by atoms with Crippen molar-refractivity contribution in [1.29, 1.82) is 0 Å². The van der Waals surface area contributed by atoms with Gasteiger partial charge in [0.25, 0.3) is 0 Å². The lowest BCUT2D eigenvalue weighted by atomic mass is 10.2. The minimum absolute atomic E-state index is 0.200. The van der Waals surface area contributed by atoms with E-state index in [1.165, 1.54) is 23.5 Å². The summed E-state index contributed by atoms with van der Waals surface area (Å²) in [6.07, 6.45) is 6.86. The number of anilines is 1. The molecule has 0 saturated heterocycles. The molecule has 0 spiro atoms. The summed E-state index contributed by atoms with van der Waals surface area (Å²) < 4.78 is 18.4.